The lowest BCUT2D eigenvalue weighted by molar-refractivity contribution is 0.932. The molecule has 7 aromatic carbocycles. The van der Waals surface area contributed by atoms with E-state index in [4.69, 9.17) is 4.98 Å². The third kappa shape index (κ3) is 3.78. The molecule has 4 heteroatoms. The highest BCUT2D eigenvalue weighted by Crippen LogP contribution is 2.33. The number of imidazole rings is 1. The van der Waals surface area contributed by atoms with Crippen molar-refractivity contribution in [2.75, 3.05) is 0 Å². The Morgan fingerprint density at radius 2 is 1.00 bits per heavy atom. The molecular weight excluding hydrogens is 538 g/mol. The first-order valence-corrected chi connectivity index (χ1v) is 14.8. The van der Waals surface area contributed by atoms with Crippen molar-refractivity contribution < 1.29 is 0 Å². The SMILES string of the molecule is O=c1n(-c2ccccc2)c2cc(-c3ccc4cc(-c5ccc6ccccc6c5)ccc4c3)ccc2c2nc3ccccc3n12. The van der Waals surface area contributed by atoms with Gasteiger partial charge < -0.3 is 0 Å². The average Bonchev–Trinajstić information content (AvgIpc) is 3.48. The third-order valence-corrected chi connectivity index (χ3v) is 8.69. The molecule has 9 rings (SSSR count). The Kier molecular flexibility index (Phi) is 5.32. The van der Waals surface area contributed by atoms with Crippen molar-refractivity contribution in [3.8, 4) is 27.9 Å². The summed E-state index contributed by atoms with van der Waals surface area (Å²) < 4.78 is 3.53. The fraction of sp³-hybridized carbons (Fsp3) is 0. The van der Waals surface area contributed by atoms with Gasteiger partial charge in [0.05, 0.1) is 22.2 Å². The number of fused-ring (bicyclic) bond motifs is 7. The molecule has 0 unspecified atom stereocenters. The number of aromatic nitrogens is 3. The molecule has 0 aliphatic heterocycles. The minimum Gasteiger partial charge on any atom is -0.262 e. The van der Waals surface area contributed by atoms with Gasteiger partial charge in [-0.25, -0.2) is 14.2 Å². The zero-order valence-electron chi connectivity index (χ0n) is 23.7. The minimum absolute atomic E-state index is 0.135. The average molecular weight is 564 g/mol. The summed E-state index contributed by atoms with van der Waals surface area (Å²) in [6.45, 7) is 0. The Balaban J connectivity index is 1.21. The Hall–Kier alpha value is -6.00. The molecule has 0 spiro atoms. The topological polar surface area (TPSA) is 39.3 Å². The summed E-state index contributed by atoms with van der Waals surface area (Å²) in [5, 5.41) is 5.77. The molecule has 4 nitrogen and oxygen atoms in total. The second-order valence-corrected chi connectivity index (χ2v) is 11.3. The summed E-state index contributed by atoms with van der Waals surface area (Å²) in [6, 6.07) is 52.3. The van der Waals surface area contributed by atoms with Crippen LogP contribution in [0.5, 0.6) is 0 Å². The normalized spacial score (nSPS) is 11.7. The molecule has 0 bridgehead atoms. The van der Waals surface area contributed by atoms with Crippen molar-refractivity contribution in [2.45, 2.75) is 0 Å². The summed E-state index contributed by atoms with van der Waals surface area (Å²) in [7, 11) is 0. The van der Waals surface area contributed by atoms with Crippen LogP contribution in [0.1, 0.15) is 0 Å². The van der Waals surface area contributed by atoms with Crippen molar-refractivity contribution in [3.05, 3.63) is 162 Å². The summed E-state index contributed by atoms with van der Waals surface area (Å²) in [4.78, 5) is 19.0. The predicted octanol–water partition coefficient (Wildman–Crippen LogP) is 9.43. The molecule has 2 heterocycles. The number of hydrogen-bond acceptors (Lipinski definition) is 2. The van der Waals surface area contributed by atoms with Crippen molar-refractivity contribution in [1.82, 2.24) is 14.0 Å². The molecule has 44 heavy (non-hydrogen) atoms. The van der Waals surface area contributed by atoms with Crippen LogP contribution in [0.15, 0.2) is 156 Å². The first kappa shape index (κ1) is 24.6. The van der Waals surface area contributed by atoms with Crippen LogP contribution in [0.2, 0.25) is 0 Å². The van der Waals surface area contributed by atoms with Gasteiger partial charge in [0.25, 0.3) is 0 Å². The first-order chi connectivity index (χ1) is 21.7. The zero-order valence-corrected chi connectivity index (χ0v) is 23.7. The molecule has 0 radical (unpaired) electrons. The fourth-order valence-corrected chi connectivity index (χ4v) is 6.49. The lowest BCUT2D eigenvalue weighted by Crippen LogP contribution is -2.25. The Labute approximate surface area is 252 Å². The molecule has 0 saturated carbocycles. The molecule has 0 N–H and O–H groups in total. The summed E-state index contributed by atoms with van der Waals surface area (Å²) in [5.41, 5.74) is 8.34. The second-order valence-electron chi connectivity index (χ2n) is 11.3. The summed E-state index contributed by atoms with van der Waals surface area (Å²) in [6.07, 6.45) is 0. The van der Waals surface area contributed by atoms with Gasteiger partial charge in [-0.15, -0.1) is 0 Å². The van der Waals surface area contributed by atoms with Crippen molar-refractivity contribution >= 4 is 49.1 Å². The van der Waals surface area contributed by atoms with Gasteiger partial charge in [0.15, 0.2) is 5.65 Å². The van der Waals surface area contributed by atoms with E-state index in [1.54, 1.807) is 8.97 Å². The highest BCUT2D eigenvalue weighted by Gasteiger charge is 2.17. The monoisotopic (exact) mass is 563 g/mol. The number of hydrogen-bond donors (Lipinski definition) is 0. The maximum absolute atomic E-state index is 14.1. The van der Waals surface area contributed by atoms with Crippen LogP contribution in [0.3, 0.4) is 0 Å². The Morgan fingerprint density at radius 1 is 0.455 bits per heavy atom. The number of benzene rings is 7. The lowest BCUT2D eigenvalue weighted by Gasteiger charge is -2.14. The van der Waals surface area contributed by atoms with Crippen molar-refractivity contribution in [2.24, 2.45) is 0 Å². The van der Waals surface area contributed by atoms with E-state index in [1.165, 1.54) is 32.7 Å². The van der Waals surface area contributed by atoms with Crippen LogP contribution in [-0.4, -0.2) is 14.0 Å². The van der Waals surface area contributed by atoms with E-state index in [-0.39, 0.29) is 5.69 Å². The van der Waals surface area contributed by atoms with Gasteiger partial charge in [-0.1, -0.05) is 97.1 Å². The van der Waals surface area contributed by atoms with E-state index >= 15 is 0 Å². The summed E-state index contributed by atoms with van der Waals surface area (Å²) >= 11 is 0. The standard InChI is InChI=1S/C40H25N3O/c44-40-42(34-10-2-1-3-11-34)38-25-33(20-21-35(38)39-41-36-12-6-7-13-37(36)43(39)40)32-19-18-30-23-29(16-17-31(30)24-32)28-15-14-26-8-4-5-9-27(26)22-28/h1-25H. The maximum atomic E-state index is 14.1. The van der Waals surface area contributed by atoms with Gasteiger partial charge in [0.1, 0.15) is 0 Å². The first-order valence-electron chi connectivity index (χ1n) is 14.8. The van der Waals surface area contributed by atoms with E-state index in [9.17, 15) is 4.79 Å². The fourth-order valence-electron chi connectivity index (χ4n) is 6.49. The smallest absolute Gasteiger partial charge is 0.262 e. The molecule has 0 amide bonds. The molecule has 0 atom stereocenters. The van der Waals surface area contributed by atoms with Crippen LogP contribution in [-0.2, 0) is 0 Å². The van der Waals surface area contributed by atoms with Crippen LogP contribution < -0.4 is 5.69 Å². The summed E-state index contributed by atoms with van der Waals surface area (Å²) in [5.74, 6) is 0. The van der Waals surface area contributed by atoms with Gasteiger partial charge in [-0.3, -0.25) is 4.57 Å². The van der Waals surface area contributed by atoms with Gasteiger partial charge in [0, 0.05) is 5.39 Å². The van der Waals surface area contributed by atoms with E-state index < -0.39 is 0 Å². The molecule has 0 fully saturated rings. The van der Waals surface area contributed by atoms with Crippen LogP contribution in [0.25, 0.3) is 77.1 Å². The van der Waals surface area contributed by atoms with Crippen molar-refractivity contribution in [3.63, 3.8) is 0 Å². The molecule has 2 aromatic heterocycles. The largest absolute Gasteiger partial charge is 0.339 e. The van der Waals surface area contributed by atoms with E-state index in [0.717, 1.165) is 38.8 Å². The van der Waals surface area contributed by atoms with Gasteiger partial charge >= 0.3 is 5.69 Å². The number of para-hydroxylation sites is 3. The molecule has 0 aliphatic carbocycles. The van der Waals surface area contributed by atoms with E-state index in [0.29, 0.717) is 5.65 Å². The van der Waals surface area contributed by atoms with E-state index in [1.807, 2.05) is 54.6 Å². The highest BCUT2D eigenvalue weighted by molar-refractivity contribution is 6.00. The van der Waals surface area contributed by atoms with Crippen molar-refractivity contribution in [1.29, 1.82) is 0 Å². The van der Waals surface area contributed by atoms with Crippen LogP contribution in [0, 0.1) is 0 Å². The van der Waals surface area contributed by atoms with Crippen LogP contribution in [0.4, 0.5) is 0 Å². The zero-order chi connectivity index (χ0) is 29.2. The number of rotatable bonds is 3. The molecule has 0 aliphatic rings. The minimum atomic E-state index is -0.135. The van der Waals surface area contributed by atoms with Crippen LogP contribution >= 0.6 is 0 Å². The predicted molar refractivity (Wildman–Crippen MR) is 182 cm³/mol. The van der Waals surface area contributed by atoms with E-state index in [2.05, 4.69) is 97.1 Å². The maximum Gasteiger partial charge on any atom is 0.339 e. The number of nitrogens with zero attached hydrogens (tertiary/aromatic N) is 3. The highest BCUT2D eigenvalue weighted by atomic mass is 16.1. The molecular formula is C40H25N3O. The Bertz CT molecular complexity index is 2630. The van der Waals surface area contributed by atoms with Gasteiger partial charge in [-0.05, 0) is 98.4 Å². The Morgan fingerprint density at radius 3 is 1.73 bits per heavy atom. The second kappa shape index (κ2) is 9.51. The quantitative estimate of drug-likeness (QED) is 0.215. The molecule has 0 saturated heterocycles. The van der Waals surface area contributed by atoms with Gasteiger partial charge in [0.2, 0.25) is 0 Å². The van der Waals surface area contributed by atoms with Gasteiger partial charge in [-0.2, -0.15) is 0 Å². The molecule has 206 valence electrons. The molecule has 9 aromatic rings. The lowest BCUT2D eigenvalue weighted by atomic mass is 9.96. The third-order valence-electron chi connectivity index (χ3n) is 8.69.